The molecule has 30 heavy (non-hydrogen) atoms. The molecule has 1 saturated heterocycles. The molecule has 1 fully saturated rings. The molecule has 0 saturated carbocycles. The van der Waals surface area contributed by atoms with E-state index in [-0.39, 0.29) is 18.2 Å². The Labute approximate surface area is 180 Å². The number of amides is 2. The number of likely N-dealkylation sites (tertiary alicyclic amines) is 1. The van der Waals surface area contributed by atoms with Gasteiger partial charge in [0.2, 0.25) is 5.91 Å². The molecule has 1 aliphatic heterocycles. The van der Waals surface area contributed by atoms with Crippen molar-refractivity contribution < 1.29 is 19.4 Å². The Morgan fingerprint density at radius 3 is 2.57 bits per heavy atom. The highest BCUT2D eigenvalue weighted by Gasteiger charge is 2.50. The Bertz CT molecular complexity index is 764. The largest absolute Gasteiger partial charge is 0.444 e. The lowest BCUT2D eigenvalue weighted by Crippen LogP contribution is -2.58. The number of ether oxygens (including phenoxy) is 1. The van der Waals surface area contributed by atoms with Crippen LogP contribution in [0.1, 0.15) is 64.9 Å². The topological polar surface area (TPSA) is 78.9 Å². The van der Waals surface area contributed by atoms with Gasteiger partial charge < -0.3 is 15.2 Å². The monoisotopic (exact) mass is 414 g/mol. The Balaban J connectivity index is 2.19. The van der Waals surface area contributed by atoms with Crippen LogP contribution in [0.4, 0.5) is 4.79 Å². The highest BCUT2D eigenvalue weighted by Crippen LogP contribution is 2.34. The number of aliphatic hydroxyl groups excluding tert-OH is 1. The van der Waals surface area contributed by atoms with E-state index in [1.807, 2.05) is 30.3 Å². The smallest absolute Gasteiger partial charge is 0.411 e. The standard InChI is InChI=1S/C24H34N2O4/c1-6-13-24(14-10-15-26(24)22(29)30-23(3,4)5)21(28)25-17-20(16-18(2)27)19-11-8-7-9-12-19/h1,7-9,11-12,18,20,27H,10,13-17H2,2-5H3,(H,25,28)/t18-,20+,24-/m1/s1. The molecule has 2 N–H and O–H groups in total. The third kappa shape index (κ3) is 5.99. The van der Waals surface area contributed by atoms with Crippen molar-refractivity contribution in [3.63, 3.8) is 0 Å². The van der Waals surface area contributed by atoms with Crippen LogP contribution in [-0.2, 0) is 9.53 Å². The van der Waals surface area contributed by atoms with Gasteiger partial charge in [-0.05, 0) is 52.5 Å². The molecule has 1 aromatic carbocycles. The highest BCUT2D eigenvalue weighted by atomic mass is 16.6. The first-order chi connectivity index (χ1) is 14.1. The third-order valence-electron chi connectivity index (χ3n) is 5.33. The van der Waals surface area contributed by atoms with Gasteiger partial charge in [0.25, 0.3) is 0 Å². The molecule has 0 unspecified atom stereocenters. The Morgan fingerprint density at radius 2 is 2.00 bits per heavy atom. The minimum atomic E-state index is -1.11. The van der Waals surface area contributed by atoms with E-state index in [9.17, 15) is 14.7 Å². The summed E-state index contributed by atoms with van der Waals surface area (Å²) < 4.78 is 5.53. The van der Waals surface area contributed by atoms with Gasteiger partial charge in [0.05, 0.1) is 6.10 Å². The summed E-state index contributed by atoms with van der Waals surface area (Å²) in [6, 6.07) is 9.78. The predicted molar refractivity (Wildman–Crippen MR) is 117 cm³/mol. The molecule has 0 bridgehead atoms. The number of rotatable bonds is 7. The summed E-state index contributed by atoms with van der Waals surface area (Å²) in [5.41, 5.74) is -0.725. The zero-order valence-corrected chi connectivity index (χ0v) is 18.5. The van der Waals surface area contributed by atoms with Gasteiger partial charge in [-0.25, -0.2) is 4.79 Å². The molecular formula is C24H34N2O4. The van der Waals surface area contributed by atoms with Crippen molar-refractivity contribution in [1.82, 2.24) is 10.2 Å². The minimum Gasteiger partial charge on any atom is -0.444 e. The van der Waals surface area contributed by atoms with Crippen LogP contribution in [-0.4, -0.2) is 52.3 Å². The van der Waals surface area contributed by atoms with Crippen molar-refractivity contribution in [2.45, 2.75) is 76.5 Å². The molecule has 6 heteroatoms. The zero-order valence-electron chi connectivity index (χ0n) is 18.5. The lowest BCUT2D eigenvalue weighted by Gasteiger charge is -2.37. The highest BCUT2D eigenvalue weighted by molar-refractivity contribution is 5.91. The first kappa shape index (κ1) is 23.8. The number of hydrogen-bond donors (Lipinski definition) is 2. The normalized spacial score (nSPS) is 20.9. The number of carbonyl (C=O) groups is 2. The van der Waals surface area contributed by atoms with Gasteiger partial charge in [-0.15, -0.1) is 12.3 Å². The van der Waals surface area contributed by atoms with Gasteiger partial charge in [-0.1, -0.05) is 30.3 Å². The Kier molecular flexibility index (Phi) is 7.91. The van der Waals surface area contributed by atoms with Crippen molar-refractivity contribution in [3.05, 3.63) is 35.9 Å². The van der Waals surface area contributed by atoms with Gasteiger partial charge in [0.1, 0.15) is 11.1 Å². The third-order valence-corrected chi connectivity index (χ3v) is 5.33. The van der Waals surface area contributed by atoms with E-state index in [0.29, 0.717) is 32.4 Å². The average Bonchev–Trinajstić information content (AvgIpc) is 3.09. The fourth-order valence-electron chi connectivity index (χ4n) is 3.99. The molecule has 164 valence electrons. The molecule has 1 heterocycles. The van der Waals surface area contributed by atoms with Crippen molar-refractivity contribution in [3.8, 4) is 12.3 Å². The summed E-state index contributed by atoms with van der Waals surface area (Å²) in [5, 5.41) is 12.9. The molecule has 0 aliphatic carbocycles. The summed E-state index contributed by atoms with van der Waals surface area (Å²) in [6.45, 7) is 7.90. The molecule has 2 amide bonds. The van der Waals surface area contributed by atoms with Crippen molar-refractivity contribution in [1.29, 1.82) is 0 Å². The van der Waals surface area contributed by atoms with E-state index in [4.69, 9.17) is 11.2 Å². The molecule has 0 spiro atoms. The van der Waals surface area contributed by atoms with Gasteiger partial charge in [-0.3, -0.25) is 9.69 Å². The lowest BCUT2D eigenvalue weighted by molar-refractivity contribution is -0.131. The van der Waals surface area contributed by atoms with Crippen LogP contribution in [0.15, 0.2) is 30.3 Å². The van der Waals surface area contributed by atoms with Crippen molar-refractivity contribution in [2.24, 2.45) is 0 Å². The number of carbonyl (C=O) groups excluding carboxylic acids is 2. The molecular weight excluding hydrogens is 380 g/mol. The van der Waals surface area contributed by atoms with E-state index in [2.05, 4.69) is 11.2 Å². The maximum Gasteiger partial charge on any atom is 0.411 e. The molecule has 1 aromatic rings. The molecule has 0 radical (unpaired) electrons. The fraction of sp³-hybridized carbons (Fsp3) is 0.583. The number of benzene rings is 1. The Hall–Kier alpha value is -2.52. The average molecular weight is 415 g/mol. The maximum atomic E-state index is 13.3. The van der Waals surface area contributed by atoms with Gasteiger partial charge in [0.15, 0.2) is 0 Å². The molecule has 2 rings (SSSR count). The number of nitrogens with zero attached hydrogens (tertiary/aromatic N) is 1. The number of aliphatic hydroxyl groups is 1. The molecule has 1 aliphatic rings. The van der Waals surface area contributed by atoms with Crippen LogP contribution in [0.25, 0.3) is 0 Å². The second kappa shape index (κ2) is 9.99. The quantitative estimate of drug-likeness (QED) is 0.670. The summed E-state index contributed by atoms with van der Waals surface area (Å²) in [7, 11) is 0. The fourth-order valence-corrected chi connectivity index (χ4v) is 3.99. The summed E-state index contributed by atoms with van der Waals surface area (Å²) >= 11 is 0. The van der Waals surface area contributed by atoms with Crippen LogP contribution in [0.5, 0.6) is 0 Å². The predicted octanol–water partition coefficient (Wildman–Crippen LogP) is 3.45. The molecule has 3 atom stereocenters. The van der Waals surface area contributed by atoms with Gasteiger partial charge >= 0.3 is 6.09 Å². The van der Waals surface area contributed by atoms with E-state index in [0.717, 1.165) is 5.56 Å². The van der Waals surface area contributed by atoms with Gasteiger partial charge in [-0.2, -0.15) is 0 Å². The van der Waals surface area contributed by atoms with E-state index < -0.39 is 23.3 Å². The van der Waals surface area contributed by atoms with Crippen LogP contribution >= 0.6 is 0 Å². The lowest BCUT2D eigenvalue weighted by atomic mass is 9.89. The second-order valence-electron chi connectivity index (χ2n) is 9.05. The SMILES string of the molecule is C#CC[C@]1(C(=O)NC[C@H](C[C@@H](C)O)c2ccccc2)CCCN1C(=O)OC(C)(C)C. The number of terminal acetylenes is 1. The first-order valence-electron chi connectivity index (χ1n) is 10.5. The minimum absolute atomic E-state index is 0.0468. The van der Waals surface area contributed by atoms with Crippen LogP contribution in [0.2, 0.25) is 0 Å². The molecule has 6 nitrogen and oxygen atoms in total. The van der Waals surface area contributed by atoms with Crippen LogP contribution in [0.3, 0.4) is 0 Å². The maximum absolute atomic E-state index is 13.3. The van der Waals surface area contributed by atoms with Crippen LogP contribution in [0, 0.1) is 12.3 Å². The summed E-state index contributed by atoms with van der Waals surface area (Å²) in [4.78, 5) is 27.6. The van der Waals surface area contributed by atoms with E-state index >= 15 is 0 Å². The number of nitrogens with one attached hydrogen (secondary N) is 1. The van der Waals surface area contributed by atoms with Crippen LogP contribution < -0.4 is 5.32 Å². The molecule has 0 aromatic heterocycles. The van der Waals surface area contributed by atoms with E-state index in [1.165, 1.54) is 4.90 Å². The first-order valence-corrected chi connectivity index (χ1v) is 10.5. The summed E-state index contributed by atoms with van der Waals surface area (Å²) in [6.07, 6.45) is 6.39. The van der Waals surface area contributed by atoms with E-state index in [1.54, 1.807) is 27.7 Å². The van der Waals surface area contributed by atoms with Crippen molar-refractivity contribution >= 4 is 12.0 Å². The zero-order chi connectivity index (χ0) is 22.4. The summed E-state index contributed by atoms with van der Waals surface area (Å²) in [5.74, 6) is 2.27. The number of hydrogen-bond acceptors (Lipinski definition) is 4. The van der Waals surface area contributed by atoms with Crippen molar-refractivity contribution in [2.75, 3.05) is 13.1 Å². The van der Waals surface area contributed by atoms with Gasteiger partial charge in [0, 0.05) is 25.4 Å². The second-order valence-corrected chi connectivity index (χ2v) is 9.05. The Morgan fingerprint density at radius 1 is 1.33 bits per heavy atom.